The smallest absolute Gasteiger partial charge is 0.164 e. The average molecular weight is 170 g/mol. The number of rotatable bonds is 1. The van der Waals surface area contributed by atoms with Gasteiger partial charge in [0.05, 0.1) is 6.07 Å². The fourth-order valence-electron chi connectivity index (χ4n) is 0.957. The summed E-state index contributed by atoms with van der Waals surface area (Å²) in [5.41, 5.74) is 0. The summed E-state index contributed by atoms with van der Waals surface area (Å²) in [6.45, 7) is 0. The Hall–Kier alpha value is -0.780. The molecule has 0 aromatic carbocycles. The molecule has 0 aromatic heterocycles. The Morgan fingerprint density at radius 2 is 2.36 bits per heavy atom. The Morgan fingerprint density at radius 3 is 2.91 bits per heavy atom. The largest absolute Gasteiger partial charge is 0.371 e. The number of hydrogen-bond acceptors (Lipinski definition) is 2. The summed E-state index contributed by atoms with van der Waals surface area (Å²) in [4.78, 5) is 0. The van der Waals surface area contributed by atoms with Crippen molar-refractivity contribution in [1.82, 2.24) is 0 Å². The molecule has 1 rings (SSSR count). The molecule has 0 aliphatic heterocycles. The standard InChI is InChI=1S/C8H8ClNO/c9-8(11)5-2-1-3-7(8)4-6-10/h1-3,5,7,11H,4H2. The second kappa shape index (κ2) is 3.08. The van der Waals surface area contributed by atoms with Crippen LogP contribution in [0.15, 0.2) is 24.3 Å². The molecule has 3 heteroatoms. The van der Waals surface area contributed by atoms with E-state index in [-0.39, 0.29) is 12.3 Å². The third-order valence-electron chi connectivity index (χ3n) is 1.62. The molecule has 11 heavy (non-hydrogen) atoms. The summed E-state index contributed by atoms with van der Waals surface area (Å²) in [6.07, 6.45) is 6.90. The van der Waals surface area contributed by atoms with Crippen molar-refractivity contribution in [3.8, 4) is 6.07 Å². The van der Waals surface area contributed by atoms with Crippen LogP contribution in [0.2, 0.25) is 0 Å². The van der Waals surface area contributed by atoms with E-state index in [9.17, 15) is 5.11 Å². The summed E-state index contributed by atoms with van der Waals surface area (Å²) in [7, 11) is 0. The molecule has 0 spiro atoms. The molecular weight excluding hydrogens is 162 g/mol. The predicted octanol–water partition coefficient (Wildman–Crippen LogP) is 1.57. The van der Waals surface area contributed by atoms with Gasteiger partial charge in [0.15, 0.2) is 5.06 Å². The molecule has 0 aromatic rings. The molecule has 2 nitrogen and oxygen atoms in total. The van der Waals surface area contributed by atoms with Gasteiger partial charge < -0.3 is 5.11 Å². The van der Waals surface area contributed by atoms with Crippen LogP contribution in [-0.4, -0.2) is 10.2 Å². The van der Waals surface area contributed by atoms with Crippen LogP contribution in [0.4, 0.5) is 0 Å². The summed E-state index contributed by atoms with van der Waals surface area (Å²) in [5.74, 6) is -0.292. The van der Waals surface area contributed by atoms with E-state index in [4.69, 9.17) is 16.9 Å². The number of alkyl halides is 1. The Bertz CT molecular complexity index is 237. The van der Waals surface area contributed by atoms with Crippen molar-refractivity contribution < 1.29 is 5.11 Å². The van der Waals surface area contributed by atoms with Crippen molar-refractivity contribution in [3.63, 3.8) is 0 Å². The van der Waals surface area contributed by atoms with Crippen LogP contribution in [-0.2, 0) is 0 Å². The monoisotopic (exact) mass is 169 g/mol. The van der Waals surface area contributed by atoms with E-state index < -0.39 is 5.06 Å². The van der Waals surface area contributed by atoms with Crippen LogP contribution >= 0.6 is 11.6 Å². The summed E-state index contributed by atoms with van der Waals surface area (Å²) in [5, 5.41) is 16.4. The topological polar surface area (TPSA) is 44.0 Å². The minimum atomic E-state index is -1.37. The number of nitriles is 1. The lowest BCUT2D eigenvalue weighted by molar-refractivity contribution is 0.133. The maximum atomic E-state index is 9.44. The number of aliphatic hydroxyl groups is 1. The second-order valence-corrected chi connectivity index (χ2v) is 3.05. The van der Waals surface area contributed by atoms with E-state index in [0.29, 0.717) is 0 Å². The third-order valence-corrected chi connectivity index (χ3v) is 2.02. The first kappa shape index (κ1) is 8.32. The van der Waals surface area contributed by atoms with E-state index in [2.05, 4.69) is 0 Å². The highest BCUT2D eigenvalue weighted by Gasteiger charge is 2.30. The Balaban J connectivity index is 2.73. The van der Waals surface area contributed by atoms with Crippen LogP contribution < -0.4 is 0 Å². The van der Waals surface area contributed by atoms with Gasteiger partial charge in [0.25, 0.3) is 0 Å². The first-order valence-electron chi connectivity index (χ1n) is 3.31. The van der Waals surface area contributed by atoms with Gasteiger partial charge in [-0.2, -0.15) is 5.26 Å². The van der Waals surface area contributed by atoms with Gasteiger partial charge in [-0.3, -0.25) is 0 Å². The van der Waals surface area contributed by atoms with E-state index in [1.165, 1.54) is 6.08 Å². The van der Waals surface area contributed by atoms with Crippen molar-refractivity contribution in [2.24, 2.45) is 5.92 Å². The van der Waals surface area contributed by atoms with Crippen molar-refractivity contribution in [1.29, 1.82) is 5.26 Å². The summed E-state index contributed by atoms with van der Waals surface area (Å²) >= 11 is 5.68. The fourth-order valence-corrected chi connectivity index (χ4v) is 1.18. The highest BCUT2D eigenvalue weighted by atomic mass is 35.5. The maximum absolute atomic E-state index is 9.44. The van der Waals surface area contributed by atoms with Gasteiger partial charge in [0, 0.05) is 12.3 Å². The molecule has 0 saturated heterocycles. The fraction of sp³-hybridized carbons (Fsp3) is 0.375. The van der Waals surface area contributed by atoms with Crippen molar-refractivity contribution >= 4 is 11.6 Å². The SMILES string of the molecule is N#CCC1C=CC=CC1(O)Cl. The van der Waals surface area contributed by atoms with Crippen LogP contribution in [0.25, 0.3) is 0 Å². The van der Waals surface area contributed by atoms with Crippen LogP contribution in [0, 0.1) is 17.2 Å². The highest BCUT2D eigenvalue weighted by molar-refractivity contribution is 6.24. The number of halogens is 1. The normalized spacial score (nSPS) is 35.2. The lowest BCUT2D eigenvalue weighted by Gasteiger charge is -2.25. The Morgan fingerprint density at radius 1 is 1.64 bits per heavy atom. The van der Waals surface area contributed by atoms with Gasteiger partial charge in [-0.1, -0.05) is 29.8 Å². The minimum absolute atomic E-state index is 0.237. The van der Waals surface area contributed by atoms with Gasteiger partial charge >= 0.3 is 0 Å². The first-order chi connectivity index (χ1) is 5.17. The molecular formula is C8H8ClNO. The quantitative estimate of drug-likeness (QED) is 0.606. The number of allylic oxidation sites excluding steroid dienone is 2. The molecule has 58 valence electrons. The van der Waals surface area contributed by atoms with E-state index in [1.54, 1.807) is 18.2 Å². The molecule has 0 bridgehead atoms. The average Bonchev–Trinajstić information content (AvgIpc) is 1.94. The van der Waals surface area contributed by atoms with E-state index in [0.717, 1.165) is 0 Å². The van der Waals surface area contributed by atoms with E-state index >= 15 is 0 Å². The van der Waals surface area contributed by atoms with Gasteiger partial charge in [-0.25, -0.2) is 0 Å². The lowest BCUT2D eigenvalue weighted by Crippen LogP contribution is -2.29. The molecule has 1 aliphatic carbocycles. The zero-order valence-electron chi connectivity index (χ0n) is 5.87. The third kappa shape index (κ3) is 1.83. The lowest BCUT2D eigenvalue weighted by atomic mass is 9.94. The molecule has 1 aliphatic rings. The molecule has 0 saturated carbocycles. The Labute approximate surface area is 70.4 Å². The predicted molar refractivity (Wildman–Crippen MR) is 42.8 cm³/mol. The minimum Gasteiger partial charge on any atom is -0.371 e. The second-order valence-electron chi connectivity index (χ2n) is 2.44. The van der Waals surface area contributed by atoms with Gasteiger partial charge in [-0.15, -0.1) is 0 Å². The zero-order valence-corrected chi connectivity index (χ0v) is 6.62. The summed E-state index contributed by atoms with van der Waals surface area (Å²) < 4.78 is 0. The van der Waals surface area contributed by atoms with Crippen molar-refractivity contribution in [2.45, 2.75) is 11.5 Å². The molecule has 0 heterocycles. The molecule has 2 unspecified atom stereocenters. The van der Waals surface area contributed by atoms with Crippen LogP contribution in [0.5, 0.6) is 0 Å². The molecule has 2 atom stereocenters. The van der Waals surface area contributed by atoms with Gasteiger partial charge in [0.1, 0.15) is 0 Å². The van der Waals surface area contributed by atoms with Crippen LogP contribution in [0.1, 0.15) is 6.42 Å². The molecule has 0 amide bonds. The molecule has 0 radical (unpaired) electrons. The maximum Gasteiger partial charge on any atom is 0.164 e. The molecule has 0 fully saturated rings. The zero-order chi connectivity index (χ0) is 8.32. The first-order valence-corrected chi connectivity index (χ1v) is 3.69. The number of hydrogen-bond donors (Lipinski definition) is 1. The van der Waals surface area contributed by atoms with Gasteiger partial charge in [0.2, 0.25) is 0 Å². The molecule has 1 N–H and O–H groups in total. The van der Waals surface area contributed by atoms with Crippen molar-refractivity contribution in [2.75, 3.05) is 0 Å². The summed E-state index contributed by atoms with van der Waals surface area (Å²) in [6, 6.07) is 1.96. The number of nitrogens with zero attached hydrogens (tertiary/aromatic N) is 1. The van der Waals surface area contributed by atoms with Crippen LogP contribution in [0.3, 0.4) is 0 Å². The van der Waals surface area contributed by atoms with Crippen molar-refractivity contribution in [3.05, 3.63) is 24.3 Å². The van der Waals surface area contributed by atoms with Gasteiger partial charge in [-0.05, 0) is 6.08 Å². The highest BCUT2D eigenvalue weighted by Crippen LogP contribution is 2.30. The van der Waals surface area contributed by atoms with E-state index in [1.807, 2.05) is 6.07 Å². The Kier molecular flexibility index (Phi) is 2.33.